The fraction of sp³-hybridized carbons (Fsp3) is 0.143. The first-order chi connectivity index (χ1) is 14.1. The number of nitrogens with one attached hydrogen (secondary N) is 1. The maximum absolute atomic E-state index is 12.2. The summed E-state index contributed by atoms with van der Waals surface area (Å²) in [7, 11) is 0. The van der Waals surface area contributed by atoms with Crippen LogP contribution in [0.4, 0.5) is 14.5 Å². The zero-order valence-corrected chi connectivity index (χ0v) is 15.5. The molecule has 0 radical (unpaired) electrons. The van der Waals surface area contributed by atoms with E-state index in [4.69, 9.17) is 15.2 Å². The van der Waals surface area contributed by atoms with Crippen molar-refractivity contribution in [2.45, 2.75) is 13.0 Å². The van der Waals surface area contributed by atoms with Gasteiger partial charge in [0.25, 0.3) is 6.43 Å². The Morgan fingerprint density at radius 3 is 2.55 bits per heavy atom. The number of hydrogen-bond donors (Lipinski definition) is 2. The fourth-order valence-corrected chi connectivity index (χ4v) is 2.39. The molecule has 0 unspecified atom stereocenters. The van der Waals surface area contributed by atoms with Crippen LogP contribution in [0.25, 0.3) is 0 Å². The number of halogens is 2. The standard InChI is InChI=1S/C21H20F2N4O2/c22-19(23)14-28-20-11-5-7-16(26-20)13-25-21(24)27-15-6-4-10-18(12-15)29-17-8-2-1-3-9-17/h1-12,19H,13-14H2,(H3,24,25,27). The molecule has 0 saturated carbocycles. The average molecular weight is 398 g/mol. The van der Waals surface area contributed by atoms with Gasteiger partial charge in [-0.25, -0.2) is 18.8 Å². The van der Waals surface area contributed by atoms with Crippen LogP contribution in [0.3, 0.4) is 0 Å². The van der Waals surface area contributed by atoms with Crippen molar-refractivity contribution in [3.63, 3.8) is 0 Å². The van der Waals surface area contributed by atoms with E-state index in [1.165, 1.54) is 6.07 Å². The number of aliphatic imine (C=N–C) groups is 1. The summed E-state index contributed by atoms with van der Waals surface area (Å²) < 4.78 is 35.1. The first kappa shape index (κ1) is 20.1. The molecule has 0 aliphatic carbocycles. The molecule has 3 rings (SSSR count). The van der Waals surface area contributed by atoms with E-state index in [0.29, 0.717) is 17.1 Å². The second-order valence-corrected chi connectivity index (χ2v) is 5.94. The van der Waals surface area contributed by atoms with E-state index < -0.39 is 13.0 Å². The Labute approximate surface area is 167 Å². The zero-order chi connectivity index (χ0) is 20.5. The number of hydrogen-bond acceptors (Lipinski definition) is 4. The van der Waals surface area contributed by atoms with E-state index in [9.17, 15) is 8.78 Å². The smallest absolute Gasteiger partial charge is 0.272 e. The second kappa shape index (κ2) is 10.0. The molecular weight excluding hydrogens is 378 g/mol. The molecule has 0 bridgehead atoms. The molecule has 0 fully saturated rings. The van der Waals surface area contributed by atoms with Gasteiger partial charge in [0.1, 0.15) is 11.5 Å². The summed E-state index contributed by atoms with van der Waals surface area (Å²) >= 11 is 0. The molecule has 0 aliphatic heterocycles. The van der Waals surface area contributed by atoms with Crippen LogP contribution in [-0.2, 0) is 6.54 Å². The molecule has 3 aromatic rings. The quantitative estimate of drug-likeness (QED) is 0.433. The molecule has 2 aromatic carbocycles. The lowest BCUT2D eigenvalue weighted by atomic mass is 10.3. The summed E-state index contributed by atoms with van der Waals surface area (Å²) in [6, 6.07) is 21.6. The Morgan fingerprint density at radius 2 is 1.76 bits per heavy atom. The third-order valence-corrected chi connectivity index (χ3v) is 3.64. The number of anilines is 1. The number of para-hydroxylation sites is 1. The van der Waals surface area contributed by atoms with Gasteiger partial charge in [-0.05, 0) is 30.3 Å². The SMILES string of the molecule is NC(=NCc1cccc(OCC(F)F)n1)Nc1cccc(Oc2ccccc2)c1. The summed E-state index contributed by atoms with van der Waals surface area (Å²) in [5.74, 6) is 1.68. The third kappa shape index (κ3) is 6.76. The van der Waals surface area contributed by atoms with Crippen molar-refractivity contribution >= 4 is 11.6 Å². The summed E-state index contributed by atoms with van der Waals surface area (Å²) in [4.78, 5) is 8.33. The molecule has 0 saturated heterocycles. The van der Waals surface area contributed by atoms with Gasteiger partial charge in [0.05, 0.1) is 12.2 Å². The number of ether oxygens (including phenoxy) is 2. The number of nitrogens with two attached hydrogens (primary N) is 1. The van der Waals surface area contributed by atoms with Crippen LogP contribution in [0.1, 0.15) is 5.69 Å². The molecule has 1 aromatic heterocycles. The van der Waals surface area contributed by atoms with Crippen molar-refractivity contribution in [1.29, 1.82) is 0 Å². The lowest BCUT2D eigenvalue weighted by molar-refractivity contribution is 0.0795. The highest BCUT2D eigenvalue weighted by molar-refractivity contribution is 5.92. The Hall–Kier alpha value is -3.68. The molecule has 3 N–H and O–H groups in total. The van der Waals surface area contributed by atoms with E-state index in [-0.39, 0.29) is 18.4 Å². The third-order valence-electron chi connectivity index (χ3n) is 3.64. The number of guanidine groups is 1. The minimum atomic E-state index is -2.56. The Bertz CT molecular complexity index is 952. The van der Waals surface area contributed by atoms with Crippen LogP contribution in [0.5, 0.6) is 17.4 Å². The topological polar surface area (TPSA) is 81.8 Å². The monoisotopic (exact) mass is 398 g/mol. The van der Waals surface area contributed by atoms with Crippen LogP contribution in [0.15, 0.2) is 77.8 Å². The minimum Gasteiger partial charge on any atom is -0.472 e. The molecule has 1 heterocycles. The lowest BCUT2D eigenvalue weighted by Crippen LogP contribution is -2.22. The summed E-state index contributed by atoms with van der Waals surface area (Å²) in [6.45, 7) is -0.532. The Balaban J connectivity index is 1.58. The van der Waals surface area contributed by atoms with Crippen LogP contribution in [0.2, 0.25) is 0 Å². The molecular formula is C21H20F2N4O2. The average Bonchev–Trinajstić information content (AvgIpc) is 2.72. The number of alkyl halides is 2. The highest BCUT2D eigenvalue weighted by Crippen LogP contribution is 2.23. The Kier molecular flexibility index (Phi) is 6.94. The Morgan fingerprint density at radius 1 is 1.00 bits per heavy atom. The number of benzene rings is 2. The summed E-state index contributed by atoms with van der Waals surface area (Å²) in [6.07, 6.45) is -2.56. The molecule has 150 valence electrons. The minimum absolute atomic E-state index is 0.121. The fourth-order valence-electron chi connectivity index (χ4n) is 2.39. The van der Waals surface area contributed by atoms with Crippen molar-refractivity contribution in [3.05, 3.63) is 78.5 Å². The number of nitrogens with zero attached hydrogens (tertiary/aromatic N) is 2. The maximum atomic E-state index is 12.2. The van der Waals surface area contributed by atoms with Crippen molar-refractivity contribution in [2.75, 3.05) is 11.9 Å². The van der Waals surface area contributed by atoms with E-state index in [1.807, 2.05) is 48.5 Å². The lowest BCUT2D eigenvalue weighted by Gasteiger charge is -2.09. The largest absolute Gasteiger partial charge is 0.472 e. The van der Waals surface area contributed by atoms with Crippen LogP contribution >= 0.6 is 0 Å². The highest BCUT2D eigenvalue weighted by atomic mass is 19.3. The van der Waals surface area contributed by atoms with Crippen molar-refractivity contribution in [1.82, 2.24) is 4.98 Å². The predicted octanol–water partition coefficient (Wildman–Crippen LogP) is 4.44. The van der Waals surface area contributed by atoms with Crippen LogP contribution < -0.4 is 20.5 Å². The van der Waals surface area contributed by atoms with Gasteiger partial charge in [-0.15, -0.1) is 0 Å². The second-order valence-electron chi connectivity index (χ2n) is 5.94. The van der Waals surface area contributed by atoms with Gasteiger partial charge in [-0.2, -0.15) is 0 Å². The van der Waals surface area contributed by atoms with Crippen molar-refractivity contribution < 1.29 is 18.3 Å². The van der Waals surface area contributed by atoms with Gasteiger partial charge in [-0.3, -0.25) is 0 Å². The first-order valence-electron chi connectivity index (χ1n) is 8.85. The maximum Gasteiger partial charge on any atom is 0.272 e. The predicted molar refractivity (Wildman–Crippen MR) is 108 cm³/mol. The van der Waals surface area contributed by atoms with Crippen LogP contribution in [-0.4, -0.2) is 24.0 Å². The van der Waals surface area contributed by atoms with Gasteiger partial charge in [0, 0.05) is 17.8 Å². The van der Waals surface area contributed by atoms with Gasteiger partial charge in [0.15, 0.2) is 12.6 Å². The van der Waals surface area contributed by atoms with Gasteiger partial charge in [0.2, 0.25) is 5.88 Å². The van der Waals surface area contributed by atoms with Crippen molar-refractivity contribution in [2.24, 2.45) is 10.7 Å². The van der Waals surface area contributed by atoms with E-state index in [1.54, 1.807) is 18.2 Å². The zero-order valence-electron chi connectivity index (χ0n) is 15.5. The molecule has 0 spiro atoms. The van der Waals surface area contributed by atoms with Gasteiger partial charge in [-0.1, -0.05) is 30.3 Å². The molecule has 29 heavy (non-hydrogen) atoms. The summed E-state index contributed by atoms with van der Waals surface area (Å²) in [5, 5.41) is 2.98. The van der Waals surface area contributed by atoms with E-state index >= 15 is 0 Å². The number of pyridine rings is 1. The van der Waals surface area contributed by atoms with Crippen LogP contribution in [0, 0.1) is 0 Å². The molecule has 0 aliphatic rings. The number of rotatable bonds is 8. The molecule has 8 heteroatoms. The van der Waals surface area contributed by atoms with E-state index in [2.05, 4.69) is 15.3 Å². The molecule has 0 amide bonds. The van der Waals surface area contributed by atoms with Gasteiger partial charge >= 0.3 is 0 Å². The van der Waals surface area contributed by atoms with Gasteiger partial charge < -0.3 is 20.5 Å². The molecule has 0 atom stereocenters. The normalized spacial score (nSPS) is 11.3. The highest BCUT2D eigenvalue weighted by Gasteiger charge is 2.05. The first-order valence-corrected chi connectivity index (χ1v) is 8.85. The van der Waals surface area contributed by atoms with Crippen molar-refractivity contribution in [3.8, 4) is 17.4 Å². The van der Waals surface area contributed by atoms with E-state index in [0.717, 1.165) is 5.75 Å². The summed E-state index contributed by atoms with van der Waals surface area (Å²) in [5.41, 5.74) is 7.19. The number of aromatic nitrogens is 1. The molecule has 6 nitrogen and oxygen atoms in total.